The minimum atomic E-state index is -3.07. The standard InChI is InChI=1S/C21H23NO5S/c1-22(19-11-12-28(25,26)15-19)20(23)14-27-21(24)13-16-7-9-18(10-8-16)17-5-3-2-4-6-17/h2-10,19H,11-15H2,1H3/t19-/m0/s1. The van der Waals surface area contributed by atoms with Gasteiger partial charge in [0.05, 0.1) is 17.9 Å². The zero-order chi connectivity index (χ0) is 20.1. The summed E-state index contributed by atoms with van der Waals surface area (Å²) in [6.45, 7) is -0.381. The topological polar surface area (TPSA) is 80.8 Å². The van der Waals surface area contributed by atoms with Crippen LogP contribution in [0.2, 0.25) is 0 Å². The number of ether oxygens (including phenoxy) is 1. The molecule has 28 heavy (non-hydrogen) atoms. The van der Waals surface area contributed by atoms with Gasteiger partial charge in [0.15, 0.2) is 16.4 Å². The number of sulfone groups is 1. The Hall–Kier alpha value is -2.67. The molecule has 1 atom stereocenters. The van der Waals surface area contributed by atoms with Crippen molar-refractivity contribution in [2.24, 2.45) is 0 Å². The van der Waals surface area contributed by atoms with E-state index in [9.17, 15) is 18.0 Å². The first-order chi connectivity index (χ1) is 13.3. The molecule has 0 saturated carbocycles. The van der Waals surface area contributed by atoms with Gasteiger partial charge in [0.2, 0.25) is 0 Å². The fourth-order valence-corrected chi connectivity index (χ4v) is 4.97. The fraction of sp³-hybridized carbons (Fsp3) is 0.333. The summed E-state index contributed by atoms with van der Waals surface area (Å²) in [4.78, 5) is 25.6. The van der Waals surface area contributed by atoms with E-state index in [1.165, 1.54) is 4.90 Å². The maximum Gasteiger partial charge on any atom is 0.310 e. The average Bonchev–Trinajstić information content (AvgIpc) is 3.06. The monoisotopic (exact) mass is 401 g/mol. The molecule has 6 nitrogen and oxygen atoms in total. The third kappa shape index (κ3) is 5.19. The number of nitrogens with zero attached hydrogens (tertiary/aromatic N) is 1. The van der Waals surface area contributed by atoms with Crippen LogP contribution in [0.5, 0.6) is 0 Å². The summed E-state index contributed by atoms with van der Waals surface area (Å²) in [5, 5.41) is 0. The zero-order valence-corrected chi connectivity index (χ0v) is 16.5. The van der Waals surface area contributed by atoms with Gasteiger partial charge in [0.1, 0.15) is 0 Å². The molecule has 1 saturated heterocycles. The van der Waals surface area contributed by atoms with Gasteiger partial charge in [-0.25, -0.2) is 8.42 Å². The Kier molecular flexibility index (Phi) is 6.14. The van der Waals surface area contributed by atoms with Gasteiger partial charge in [0.25, 0.3) is 5.91 Å². The van der Waals surface area contributed by atoms with Crippen molar-refractivity contribution in [3.8, 4) is 11.1 Å². The predicted octanol–water partition coefficient (Wildman–Crippen LogP) is 2.08. The van der Waals surface area contributed by atoms with E-state index in [4.69, 9.17) is 4.74 Å². The number of benzene rings is 2. The molecule has 0 unspecified atom stereocenters. The first-order valence-corrected chi connectivity index (χ1v) is 10.9. The molecule has 0 spiro atoms. The van der Waals surface area contributed by atoms with E-state index >= 15 is 0 Å². The van der Waals surface area contributed by atoms with E-state index in [-0.39, 0.29) is 30.6 Å². The van der Waals surface area contributed by atoms with Crippen molar-refractivity contribution in [2.45, 2.75) is 18.9 Å². The molecule has 2 aromatic rings. The van der Waals surface area contributed by atoms with Gasteiger partial charge >= 0.3 is 5.97 Å². The SMILES string of the molecule is CN(C(=O)COC(=O)Cc1ccc(-c2ccccc2)cc1)[C@H]1CCS(=O)(=O)C1. The Labute approximate surface area is 165 Å². The van der Waals surface area contributed by atoms with E-state index < -0.39 is 21.7 Å². The van der Waals surface area contributed by atoms with Crippen LogP contribution in [0.15, 0.2) is 54.6 Å². The van der Waals surface area contributed by atoms with E-state index in [0.29, 0.717) is 6.42 Å². The second-order valence-electron chi connectivity index (χ2n) is 6.96. The number of carbonyl (C=O) groups is 2. The van der Waals surface area contributed by atoms with Crippen LogP contribution in [0.3, 0.4) is 0 Å². The highest BCUT2D eigenvalue weighted by Crippen LogP contribution is 2.20. The Morgan fingerprint density at radius 1 is 1.04 bits per heavy atom. The summed E-state index contributed by atoms with van der Waals surface area (Å²) in [6, 6.07) is 17.2. The lowest BCUT2D eigenvalue weighted by Crippen LogP contribution is -2.40. The molecule has 0 radical (unpaired) electrons. The summed E-state index contributed by atoms with van der Waals surface area (Å²) >= 11 is 0. The molecule has 1 fully saturated rings. The lowest BCUT2D eigenvalue weighted by atomic mass is 10.0. The summed E-state index contributed by atoms with van der Waals surface area (Å²) in [5.41, 5.74) is 2.95. The van der Waals surface area contributed by atoms with Gasteiger partial charge in [-0.1, -0.05) is 54.6 Å². The van der Waals surface area contributed by atoms with E-state index in [1.807, 2.05) is 54.6 Å². The zero-order valence-electron chi connectivity index (χ0n) is 15.7. The van der Waals surface area contributed by atoms with Crippen molar-refractivity contribution in [1.82, 2.24) is 4.90 Å². The highest BCUT2D eigenvalue weighted by molar-refractivity contribution is 7.91. The third-order valence-electron chi connectivity index (χ3n) is 4.92. The maximum atomic E-state index is 12.2. The lowest BCUT2D eigenvalue weighted by molar-refractivity contribution is -0.151. The van der Waals surface area contributed by atoms with Crippen molar-refractivity contribution < 1.29 is 22.7 Å². The van der Waals surface area contributed by atoms with Crippen molar-refractivity contribution in [3.05, 3.63) is 60.2 Å². The smallest absolute Gasteiger partial charge is 0.310 e. The van der Waals surface area contributed by atoms with Gasteiger partial charge in [-0.05, 0) is 23.1 Å². The summed E-state index contributed by atoms with van der Waals surface area (Å²) in [7, 11) is -1.53. The summed E-state index contributed by atoms with van der Waals surface area (Å²) in [6.07, 6.45) is 0.496. The predicted molar refractivity (Wildman–Crippen MR) is 106 cm³/mol. The molecule has 1 amide bonds. The number of rotatable bonds is 6. The van der Waals surface area contributed by atoms with Gasteiger partial charge in [-0.15, -0.1) is 0 Å². The molecule has 1 aliphatic heterocycles. The Bertz CT molecular complexity index is 939. The van der Waals surface area contributed by atoms with Crippen LogP contribution in [-0.4, -0.2) is 56.4 Å². The van der Waals surface area contributed by atoms with Crippen LogP contribution in [-0.2, 0) is 30.6 Å². The Morgan fingerprint density at radius 3 is 2.29 bits per heavy atom. The highest BCUT2D eigenvalue weighted by Gasteiger charge is 2.32. The number of hydrogen-bond donors (Lipinski definition) is 0. The van der Waals surface area contributed by atoms with Crippen molar-refractivity contribution >= 4 is 21.7 Å². The Balaban J connectivity index is 1.48. The third-order valence-corrected chi connectivity index (χ3v) is 6.67. The molecule has 0 aliphatic carbocycles. The molecule has 0 N–H and O–H groups in total. The van der Waals surface area contributed by atoms with Gasteiger partial charge in [-0.2, -0.15) is 0 Å². The quantitative estimate of drug-likeness (QED) is 0.693. The van der Waals surface area contributed by atoms with Crippen LogP contribution in [0.4, 0.5) is 0 Å². The van der Waals surface area contributed by atoms with Gasteiger partial charge in [0, 0.05) is 13.1 Å². The first kappa shape index (κ1) is 20.1. The molecule has 3 rings (SSSR count). The molecular formula is C21H23NO5S. The molecule has 0 bridgehead atoms. The second-order valence-corrected chi connectivity index (χ2v) is 9.19. The summed E-state index contributed by atoms with van der Waals surface area (Å²) in [5.74, 6) is -0.825. The van der Waals surface area contributed by atoms with Gasteiger partial charge < -0.3 is 9.64 Å². The fourth-order valence-electron chi connectivity index (χ4n) is 3.19. The average molecular weight is 401 g/mol. The van der Waals surface area contributed by atoms with Gasteiger partial charge in [-0.3, -0.25) is 9.59 Å². The molecule has 2 aromatic carbocycles. The molecule has 148 valence electrons. The number of esters is 1. The van der Waals surface area contributed by atoms with E-state index in [2.05, 4.69) is 0 Å². The highest BCUT2D eigenvalue weighted by atomic mass is 32.2. The van der Waals surface area contributed by atoms with Crippen LogP contribution in [0.25, 0.3) is 11.1 Å². The van der Waals surface area contributed by atoms with Crippen LogP contribution < -0.4 is 0 Å². The molecule has 1 heterocycles. The van der Waals surface area contributed by atoms with Crippen molar-refractivity contribution in [3.63, 3.8) is 0 Å². The maximum absolute atomic E-state index is 12.2. The largest absolute Gasteiger partial charge is 0.455 e. The number of likely N-dealkylation sites (N-methyl/N-ethyl adjacent to an activating group) is 1. The second kappa shape index (κ2) is 8.56. The van der Waals surface area contributed by atoms with Crippen molar-refractivity contribution in [2.75, 3.05) is 25.2 Å². The number of amides is 1. The number of hydrogen-bond acceptors (Lipinski definition) is 5. The Morgan fingerprint density at radius 2 is 1.68 bits per heavy atom. The van der Waals surface area contributed by atoms with Crippen LogP contribution in [0, 0.1) is 0 Å². The van der Waals surface area contributed by atoms with E-state index in [1.54, 1.807) is 7.05 Å². The molecular weight excluding hydrogens is 378 g/mol. The normalized spacial score (nSPS) is 17.8. The minimum Gasteiger partial charge on any atom is -0.455 e. The minimum absolute atomic E-state index is 0.0308. The summed E-state index contributed by atoms with van der Waals surface area (Å²) < 4.78 is 28.1. The van der Waals surface area contributed by atoms with Crippen LogP contribution in [0.1, 0.15) is 12.0 Å². The van der Waals surface area contributed by atoms with E-state index in [0.717, 1.165) is 16.7 Å². The molecule has 0 aromatic heterocycles. The number of carbonyl (C=O) groups excluding carboxylic acids is 2. The molecule has 1 aliphatic rings. The molecule has 7 heteroatoms. The first-order valence-electron chi connectivity index (χ1n) is 9.10. The van der Waals surface area contributed by atoms with Crippen molar-refractivity contribution in [1.29, 1.82) is 0 Å². The van der Waals surface area contributed by atoms with Crippen LogP contribution >= 0.6 is 0 Å². The lowest BCUT2D eigenvalue weighted by Gasteiger charge is -2.23.